The number of hydrogen-bond acceptors (Lipinski definition) is 3. The molecular weight excluding hydrogens is 270 g/mol. The van der Waals surface area contributed by atoms with Crippen molar-refractivity contribution < 1.29 is 9.53 Å². The molecule has 0 saturated carbocycles. The topological polar surface area (TPSA) is 29.5 Å². The van der Waals surface area contributed by atoms with Crippen LogP contribution >= 0.6 is 12.2 Å². The number of aryl methyl sites for hydroxylation is 1. The van der Waals surface area contributed by atoms with Crippen LogP contribution in [0.3, 0.4) is 0 Å². The Bertz CT molecular complexity index is 469. The van der Waals surface area contributed by atoms with Gasteiger partial charge in [-0.15, -0.1) is 0 Å². The molecule has 0 heterocycles. The number of thiocarbonyl (C=S) groups is 1. The Kier molecular flexibility index (Phi) is 6.65. The largest absolute Gasteiger partial charge is 0.470 e. The van der Waals surface area contributed by atoms with Crippen LogP contribution in [0.2, 0.25) is 0 Å². The van der Waals surface area contributed by atoms with Crippen molar-refractivity contribution in [2.45, 2.75) is 33.6 Å². The van der Waals surface area contributed by atoms with E-state index in [1.54, 1.807) is 6.92 Å². The van der Waals surface area contributed by atoms with Gasteiger partial charge in [0.05, 0.1) is 5.92 Å². The van der Waals surface area contributed by atoms with Crippen molar-refractivity contribution in [1.29, 1.82) is 0 Å². The highest BCUT2D eigenvalue weighted by molar-refractivity contribution is 7.80. The minimum absolute atomic E-state index is 0.0953. The highest BCUT2D eigenvalue weighted by atomic mass is 32.1. The fraction of sp³-hybridized carbons (Fsp3) is 0.500. The molecule has 0 saturated heterocycles. The highest BCUT2D eigenvalue weighted by Gasteiger charge is 2.19. The molecule has 110 valence electrons. The van der Waals surface area contributed by atoms with Gasteiger partial charge in [-0.25, -0.2) is 0 Å². The minimum Gasteiger partial charge on any atom is -0.470 e. The van der Waals surface area contributed by atoms with Crippen LogP contribution in [0.5, 0.6) is 0 Å². The average molecular weight is 293 g/mol. The third-order valence-corrected chi connectivity index (χ3v) is 3.71. The van der Waals surface area contributed by atoms with Gasteiger partial charge in [0.1, 0.15) is 12.4 Å². The summed E-state index contributed by atoms with van der Waals surface area (Å²) in [5, 5.41) is 0.467. The Hall–Kier alpha value is -1.42. The number of rotatable bonds is 6. The lowest BCUT2D eigenvalue weighted by Gasteiger charge is -2.23. The van der Waals surface area contributed by atoms with Gasteiger partial charge < -0.3 is 9.64 Å². The maximum Gasteiger partial charge on any atom is 0.259 e. The van der Waals surface area contributed by atoms with E-state index >= 15 is 0 Å². The van der Waals surface area contributed by atoms with E-state index in [9.17, 15) is 4.79 Å². The molecule has 1 atom stereocenters. The van der Waals surface area contributed by atoms with E-state index in [2.05, 4.69) is 0 Å². The molecule has 0 radical (unpaired) electrons. The molecule has 1 rings (SSSR count). The van der Waals surface area contributed by atoms with Crippen LogP contribution in [0.1, 0.15) is 37.8 Å². The van der Waals surface area contributed by atoms with Crippen molar-refractivity contribution in [2.24, 2.45) is 0 Å². The Morgan fingerprint density at radius 2 is 2.00 bits per heavy atom. The number of ether oxygens (including phenoxy) is 1. The summed E-state index contributed by atoms with van der Waals surface area (Å²) in [5.74, 6) is -0.165. The molecule has 0 aliphatic carbocycles. The minimum atomic E-state index is -0.261. The quantitative estimate of drug-likeness (QED) is 0.753. The van der Waals surface area contributed by atoms with Crippen LogP contribution in [-0.2, 0) is 9.53 Å². The molecule has 0 N–H and O–H groups in total. The van der Waals surface area contributed by atoms with Gasteiger partial charge in [0.2, 0.25) is 0 Å². The number of carbonyl (C=O) groups excluding carboxylic acids is 1. The van der Waals surface area contributed by atoms with Crippen LogP contribution in [0, 0.1) is 6.92 Å². The molecule has 0 spiro atoms. The number of hydrogen-bond donors (Lipinski definition) is 0. The molecule has 3 nitrogen and oxygen atoms in total. The van der Waals surface area contributed by atoms with Gasteiger partial charge >= 0.3 is 0 Å². The lowest BCUT2D eigenvalue weighted by Crippen LogP contribution is -2.32. The molecule has 1 unspecified atom stereocenters. The first-order valence-corrected chi connectivity index (χ1v) is 7.39. The van der Waals surface area contributed by atoms with Crippen molar-refractivity contribution in [3.63, 3.8) is 0 Å². The Balaban J connectivity index is 2.74. The zero-order valence-corrected chi connectivity index (χ0v) is 13.5. The highest BCUT2D eigenvalue weighted by Crippen LogP contribution is 2.19. The van der Waals surface area contributed by atoms with Crippen molar-refractivity contribution in [3.8, 4) is 0 Å². The van der Waals surface area contributed by atoms with Crippen molar-refractivity contribution >= 4 is 23.2 Å². The lowest BCUT2D eigenvalue weighted by molar-refractivity contribution is -0.119. The summed E-state index contributed by atoms with van der Waals surface area (Å²) in [7, 11) is 0. The first-order valence-electron chi connectivity index (χ1n) is 6.98. The predicted octanol–water partition coefficient (Wildman–Crippen LogP) is 3.31. The van der Waals surface area contributed by atoms with Gasteiger partial charge in [-0.05, 0) is 45.5 Å². The van der Waals surface area contributed by atoms with E-state index in [0.717, 1.165) is 24.2 Å². The SMILES string of the molecule is CCN(CC)C(=S)OCC(C(C)=O)c1cccc(C)c1. The van der Waals surface area contributed by atoms with E-state index < -0.39 is 0 Å². The number of benzene rings is 1. The number of Topliss-reactive ketones (excluding diaryl/α,β-unsaturated/α-hetero) is 1. The Labute approximate surface area is 126 Å². The van der Waals surface area contributed by atoms with E-state index in [-0.39, 0.29) is 11.7 Å². The maximum absolute atomic E-state index is 11.8. The van der Waals surface area contributed by atoms with Crippen LogP contribution in [0.25, 0.3) is 0 Å². The molecule has 0 aliphatic heterocycles. The second-order valence-electron chi connectivity index (χ2n) is 4.83. The number of nitrogens with zero attached hydrogens (tertiary/aromatic N) is 1. The predicted molar refractivity (Wildman–Crippen MR) is 86.1 cm³/mol. The Morgan fingerprint density at radius 1 is 1.35 bits per heavy atom. The second-order valence-corrected chi connectivity index (χ2v) is 5.18. The molecule has 4 heteroatoms. The smallest absolute Gasteiger partial charge is 0.259 e. The second kappa shape index (κ2) is 8.00. The van der Waals surface area contributed by atoms with Gasteiger partial charge in [0, 0.05) is 13.1 Å². The molecular formula is C16H23NO2S. The third kappa shape index (κ3) is 4.60. The summed E-state index contributed by atoms with van der Waals surface area (Å²) in [6, 6.07) is 7.96. The van der Waals surface area contributed by atoms with Crippen molar-refractivity contribution in [2.75, 3.05) is 19.7 Å². The molecule has 0 fully saturated rings. The molecule has 0 bridgehead atoms. The van der Waals surface area contributed by atoms with Gasteiger partial charge in [-0.2, -0.15) is 0 Å². The van der Waals surface area contributed by atoms with Crippen LogP contribution in [0.4, 0.5) is 0 Å². The van der Waals surface area contributed by atoms with E-state index in [0.29, 0.717) is 11.8 Å². The van der Waals surface area contributed by atoms with Crippen molar-refractivity contribution in [3.05, 3.63) is 35.4 Å². The van der Waals surface area contributed by atoms with Crippen molar-refractivity contribution in [1.82, 2.24) is 4.90 Å². The molecule has 0 amide bonds. The molecule has 0 aliphatic rings. The molecule has 1 aromatic rings. The van der Waals surface area contributed by atoms with Gasteiger partial charge in [0.25, 0.3) is 5.17 Å². The number of ketones is 1. The summed E-state index contributed by atoms with van der Waals surface area (Å²) >= 11 is 5.25. The van der Waals surface area contributed by atoms with Gasteiger partial charge in [-0.3, -0.25) is 4.79 Å². The van der Waals surface area contributed by atoms with Crippen LogP contribution < -0.4 is 0 Å². The summed E-state index contributed by atoms with van der Waals surface area (Å²) in [5.41, 5.74) is 2.12. The van der Waals surface area contributed by atoms with Gasteiger partial charge in [-0.1, -0.05) is 29.8 Å². The number of carbonyl (C=O) groups is 1. The molecule has 1 aromatic carbocycles. The van der Waals surface area contributed by atoms with E-state index in [1.807, 2.05) is 49.9 Å². The third-order valence-electron chi connectivity index (χ3n) is 3.33. The normalized spacial score (nSPS) is 11.8. The van der Waals surface area contributed by atoms with Gasteiger partial charge in [0.15, 0.2) is 0 Å². The summed E-state index contributed by atoms with van der Waals surface area (Å²) < 4.78 is 5.64. The summed E-state index contributed by atoms with van der Waals surface area (Å²) in [6.45, 7) is 9.59. The fourth-order valence-electron chi connectivity index (χ4n) is 2.06. The monoisotopic (exact) mass is 293 g/mol. The first-order chi connectivity index (χ1) is 9.49. The van der Waals surface area contributed by atoms with Crippen LogP contribution in [0.15, 0.2) is 24.3 Å². The first kappa shape index (κ1) is 16.6. The zero-order valence-electron chi connectivity index (χ0n) is 12.7. The average Bonchev–Trinajstić information content (AvgIpc) is 2.40. The molecule has 0 aromatic heterocycles. The Morgan fingerprint density at radius 3 is 2.50 bits per heavy atom. The lowest BCUT2D eigenvalue weighted by atomic mass is 9.95. The van der Waals surface area contributed by atoms with Crippen LogP contribution in [-0.4, -0.2) is 35.6 Å². The van der Waals surface area contributed by atoms with E-state index in [4.69, 9.17) is 17.0 Å². The summed E-state index contributed by atoms with van der Waals surface area (Å²) in [4.78, 5) is 13.8. The van der Waals surface area contributed by atoms with E-state index in [1.165, 1.54) is 0 Å². The zero-order chi connectivity index (χ0) is 15.1. The maximum atomic E-state index is 11.8. The summed E-state index contributed by atoms with van der Waals surface area (Å²) in [6.07, 6.45) is 0. The standard InChI is InChI=1S/C16H23NO2S/c1-5-17(6-2)16(20)19-11-15(13(4)18)14-9-7-8-12(3)10-14/h7-10,15H,5-6,11H2,1-4H3. The molecule has 20 heavy (non-hydrogen) atoms. The fourth-order valence-corrected chi connectivity index (χ4v) is 2.39.